The van der Waals surface area contributed by atoms with Crippen LogP contribution in [0.3, 0.4) is 0 Å². The molecule has 0 bridgehead atoms. The molecule has 0 aliphatic carbocycles. The van der Waals surface area contributed by atoms with Gasteiger partial charge in [0.2, 0.25) is 0 Å². The van der Waals surface area contributed by atoms with E-state index in [9.17, 15) is 4.79 Å². The van der Waals surface area contributed by atoms with E-state index >= 15 is 0 Å². The van der Waals surface area contributed by atoms with Gasteiger partial charge in [0, 0.05) is 6.54 Å². The number of ether oxygens (including phenoxy) is 5. The van der Waals surface area contributed by atoms with Gasteiger partial charge in [-0.1, -0.05) is 152 Å². The van der Waals surface area contributed by atoms with E-state index in [4.69, 9.17) is 23.7 Å². The van der Waals surface area contributed by atoms with Gasteiger partial charge in [0.25, 0.3) is 0 Å². The SMILES string of the molecule is O=C(NCc1ccccc1)N[C@H]1O[C@H](COCc2ccccc2)[C@@H](OCc2ccccc2)[C@H](OCc2ccccc2)[C@H]1OCc1ccccc1. The number of hydrogen-bond acceptors (Lipinski definition) is 6. The normalized spacial score (nSPS) is 20.2. The topological polar surface area (TPSA) is 87.3 Å². The summed E-state index contributed by atoms with van der Waals surface area (Å²) in [5.74, 6) is 0. The molecule has 0 unspecified atom stereocenters. The van der Waals surface area contributed by atoms with Crippen LogP contribution in [0.2, 0.25) is 0 Å². The van der Waals surface area contributed by atoms with Crippen LogP contribution in [-0.2, 0) is 56.7 Å². The van der Waals surface area contributed by atoms with E-state index in [0.717, 1.165) is 27.8 Å². The molecule has 258 valence electrons. The number of hydrogen-bond donors (Lipinski definition) is 2. The summed E-state index contributed by atoms with van der Waals surface area (Å²) in [6.45, 7) is 1.88. The highest BCUT2D eigenvalue weighted by Crippen LogP contribution is 2.30. The van der Waals surface area contributed by atoms with Crippen molar-refractivity contribution in [2.45, 2.75) is 63.6 Å². The Hall–Kier alpha value is -4.83. The Morgan fingerprint density at radius 1 is 0.500 bits per heavy atom. The molecule has 5 atom stereocenters. The Balaban J connectivity index is 1.28. The Kier molecular flexibility index (Phi) is 13.2. The molecule has 1 fully saturated rings. The van der Waals surface area contributed by atoms with Crippen LogP contribution < -0.4 is 10.6 Å². The van der Waals surface area contributed by atoms with Gasteiger partial charge < -0.3 is 34.3 Å². The maximum absolute atomic E-state index is 13.4. The lowest BCUT2D eigenvalue weighted by Crippen LogP contribution is -2.66. The lowest BCUT2D eigenvalue weighted by Gasteiger charge is -2.46. The molecule has 2 N–H and O–H groups in total. The van der Waals surface area contributed by atoms with Gasteiger partial charge in [0.05, 0.1) is 33.0 Å². The van der Waals surface area contributed by atoms with Gasteiger partial charge in [0.1, 0.15) is 24.4 Å². The van der Waals surface area contributed by atoms with E-state index < -0.39 is 30.6 Å². The van der Waals surface area contributed by atoms with Gasteiger partial charge in [-0.05, 0) is 27.8 Å². The molecular weight excluding hydrogens is 628 g/mol. The summed E-state index contributed by atoms with van der Waals surface area (Å²) in [7, 11) is 0. The number of urea groups is 1. The van der Waals surface area contributed by atoms with Crippen LogP contribution in [0, 0.1) is 0 Å². The first kappa shape index (κ1) is 35.0. The molecule has 0 aromatic heterocycles. The minimum atomic E-state index is -0.878. The lowest BCUT2D eigenvalue weighted by molar-refractivity contribution is -0.276. The number of rotatable bonds is 16. The van der Waals surface area contributed by atoms with Crippen molar-refractivity contribution in [2.24, 2.45) is 0 Å². The third-order valence-corrected chi connectivity index (χ3v) is 8.45. The zero-order valence-electron chi connectivity index (χ0n) is 28.0. The van der Waals surface area contributed by atoms with E-state index in [-0.39, 0.29) is 19.2 Å². The van der Waals surface area contributed by atoms with E-state index in [2.05, 4.69) is 10.6 Å². The van der Waals surface area contributed by atoms with Crippen LogP contribution in [0.15, 0.2) is 152 Å². The summed E-state index contributed by atoms with van der Waals surface area (Å²) in [4.78, 5) is 13.4. The highest BCUT2D eigenvalue weighted by molar-refractivity contribution is 5.74. The minimum absolute atomic E-state index is 0.203. The molecular formula is C42H44N2O6. The van der Waals surface area contributed by atoms with Crippen molar-refractivity contribution in [3.63, 3.8) is 0 Å². The molecule has 2 amide bonds. The minimum Gasteiger partial charge on any atom is -0.374 e. The maximum atomic E-state index is 13.4. The molecule has 1 heterocycles. The van der Waals surface area contributed by atoms with Crippen molar-refractivity contribution in [3.8, 4) is 0 Å². The fraction of sp³-hybridized carbons (Fsp3) is 0.262. The van der Waals surface area contributed by atoms with Crippen molar-refractivity contribution in [1.29, 1.82) is 0 Å². The molecule has 0 spiro atoms. The maximum Gasteiger partial charge on any atom is 0.317 e. The third kappa shape index (κ3) is 10.6. The molecule has 5 aromatic rings. The van der Waals surface area contributed by atoms with Crippen molar-refractivity contribution in [2.75, 3.05) is 6.61 Å². The van der Waals surface area contributed by atoms with E-state index in [1.165, 1.54) is 0 Å². The molecule has 5 aromatic carbocycles. The van der Waals surface area contributed by atoms with Gasteiger partial charge in [-0.15, -0.1) is 0 Å². The number of carbonyl (C=O) groups is 1. The monoisotopic (exact) mass is 672 g/mol. The van der Waals surface area contributed by atoms with E-state index in [0.29, 0.717) is 26.4 Å². The summed E-state index contributed by atoms with van der Waals surface area (Å²) in [6.07, 6.45) is -3.44. The highest BCUT2D eigenvalue weighted by atomic mass is 16.6. The molecule has 1 saturated heterocycles. The van der Waals surface area contributed by atoms with Crippen LogP contribution in [0.1, 0.15) is 27.8 Å². The van der Waals surface area contributed by atoms with E-state index in [1.54, 1.807) is 0 Å². The van der Waals surface area contributed by atoms with Crippen LogP contribution in [0.4, 0.5) is 4.79 Å². The van der Waals surface area contributed by atoms with Gasteiger partial charge in [-0.25, -0.2) is 4.79 Å². The second-order valence-corrected chi connectivity index (χ2v) is 12.2. The zero-order chi connectivity index (χ0) is 34.2. The van der Waals surface area contributed by atoms with Crippen LogP contribution in [-0.4, -0.2) is 43.3 Å². The Bertz CT molecular complexity index is 1680. The van der Waals surface area contributed by atoms with Gasteiger partial charge >= 0.3 is 6.03 Å². The Morgan fingerprint density at radius 2 is 0.900 bits per heavy atom. The number of carbonyl (C=O) groups excluding carboxylic acids is 1. The summed E-state index contributed by atoms with van der Waals surface area (Å²) >= 11 is 0. The number of amides is 2. The second kappa shape index (κ2) is 18.8. The summed E-state index contributed by atoms with van der Waals surface area (Å²) in [6, 6.07) is 49.2. The second-order valence-electron chi connectivity index (χ2n) is 12.2. The van der Waals surface area contributed by atoms with Crippen molar-refractivity contribution < 1.29 is 28.5 Å². The Labute approximate surface area is 294 Å². The van der Waals surface area contributed by atoms with Crippen molar-refractivity contribution in [1.82, 2.24) is 10.6 Å². The first-order valence-corrected chi connectivity index (χ1v) is 17.0. The molecule has 6 rings (SSSR count). The molecule has 8 nitrogen and oxygen atoms in total. The molecule has 8 heteroatoms. The predicted molar refractivity (Wildman–Crippen MR) is 192 cm³/mol. The van der Waals surface area contributed by atoms with E-state index in [1.807, 2.05) is 152 Å². The van der Waals surface area contributed by atoms with Crippen molar-refractivity contribution >= 4 is 6.03 Å². The quantitative estimate of drug-likeness (QED) is 0.116. The average molecular weight is 673 g/mol. The number of benzene rings is 5. The zero-order valence-corrected chi connectivity index (χ0v) is 28.0. The highest BCUT2D eigenvalue weighted by Gasteiger charge is 2.49. The van der Waals surface area contributed by atoms with Crippen LogP contribution in [0.25, 0.3) is 0 Å². The summed E-state index contributed by atoms with van der Waals surface area (Å²) in [5, 5.41) is 6.01. The summed E-state index contributed by atoms with van der Waals surface area (Å²) in [5.41, 5.74) is 5.03. The molecule has 1 aliphatic rings. The molecule has 50 heavy (non-hydrogen) atoms. The third-order valence-electron chi connectivity index (χ3n) is 8.45. The van der Waals surface area contributed by atoms with Crippen molar-refractivity contribution in [3.05, 3.63) is 179 Å². The first-order chi connectivity index (χ1) is 24.7. The fourth-order valence-electron chi connectivity index (χ4n) is 5.86. The first-order valence-electron chi connectivity index (χ1n) is 17.0. The summed E-state index contributed by atoms with van der Waals surface area (Å²) < 4.78 is 33.0. The molecule has 1 aliphatic heterocycles. The molecule has 0 saturated carbocycles. The largest absolute Gasteiger partial charge is 0.374 e. The lowest BCUT2D eigenvalue weighted by atomic mass is 9.97. The van der Waals surface area contributed by atoms with Crippen LogP contribution in [0.5, 0.6) is 0 Å². The predicted octanol–water partition coefficient (Wildman–Crippen LogP) is 7.18. The standard InChI is InChI=1S/C42H44N2O6/c45-42(43-26-32-16-6-1-7-17-32)44-41-40(49-30-36-24-14-5-15-25-36)39(48-29-35-22-12-4-13-23-35)38(47-28-34-20-10-3-11-21-34)37(50-41)31-46-27-33-18-8-2-9-19-33/h1-25,37-41H,26-31H2,(H2,43,44,45)/t37-,38-,39+,40-,41+/m1/s1. The van der Waals surface area contributed by atoms with Gasteiger partial charge in [0.15, 0.2) is 6.23 Å². The average Bonchev–Trinajstić information content (AvgIpc) is 3.17. The Morgan fingerprint density at radius 3 is 1.38 bits per heavy atom. The van der Waals surface area contributed by atoms with Crippen LogP contribution >= 0.6 is 0 Å². The van der Waals surface area contributed by atoms with Gasteiger partial charge in [-0.2, -0.15) is 0 Å². The fourth-order valence-corrected chi connectivity index (χ4v) is 5.86. The molecule has 0 radical (unpaired) electrons. The van der Waals surface area contributed by atoms with Gasteiger partial charge in [-0.3, -0.25) is 0 Å². The smallest absolute Gasteiger partial charge is 0.317 e. The number of nitrogens with one attached hydrogen (secondary N) is 2.